The smallest absolute Gasteiger partial charge is 0.251 e. The molecule has 0 atom stereocenters. The third kappa shape index (κ3) is 3.19. The van der Waals surface area contributed by atoms with Gasteiger partial charge in [-0.2, -0.15) is 0 Å². The number of carbonyl (C=O) groups excluding carboxylic acids is 2. The number of ketones is 1. The van der Waals surface area contributed by atoms with Crippen LogP contribution in [0.25, 0.3) is 10.8 Å². The minimum atomic E-state index is 0.00412. The molecule has 3 rings (SSSR count). The van der Waals surface area contributed by atoms with E-state index in [1.165, 1.54) is 19.3 Å². The zero-order valence-electron chi connectivity index (χ0n) is 12.9. The molecule has 1 N–H and O–H groups in total. The van der Waals surface area contributed by atoms with Gasteiger partial charge in [0.25, 0.3) is 5.91 Å². The largest absolute Gasteiger partial charge is 0.349 e. The summed E-state index contributed by atoms with van der Waals surface area (Å²) >= 11 is 0. The zero-order chi connectivity index (χ0) is 15.5. The highest BCUT2D eigenvalue weighted by molar-refractivity contribution is 6.01. The van der Waals surface area contributed by atoms with E-state index in [2.05, 4.69) is 5.32 Å². The van der Waals surface area contributed by atoms with E-state index in [9.17, 15) is 9.59 Å². The van der Waals surface area contributed by atoms with E-state index < -0.39 is 0 Å². The number of nitrogens with one attached hydrogen (secondary N) is 1. The number of carbonyl (C=O) groups is 2. The fraction of sp³-hybridized carbons (Fsp3) is 0.368. The zero-order valence-corrected chi connectivity index (χ0v) is 12.9. The normalized spacial score (nSPS) is 15.7. The van der Waals surface area contributed by atoms with E-state index in [1.807, 2.05) is 36.4 Å². The summed E-state index contributed by atoms with van der Waals surface area (Å²) in [6.07, 6.45) is 5.86. The predicted molar refractivity (Wildman–Crippen MR) is 88.3 cm³/mol. The number of Topliss-reactive ketones (excluding diaryl/α,β-unsaturated/α-hetero) is 1. The Morgan fingerprint density at radius 3 is 2.14 bits per heavy atom. The molecule has 1 aliphatic carbocycles. The van der Waals surface area contributed by atoms with Gasteiger partial charge in [-0.25, -0.2) is 0 Å². The van der Waals surface area contributed by atoms with Crippen LogP contribution in [0.1, 0.15) is 59.7 Å². The minimum Gasteiger partial charge on any atom is -0.349 e. The molecule has 0 spiro atoms. The fourth-order valence-corrected chi connectivity index (χ4v) is 3.12. The molecule has 1 saturated carbocycles. The van der Waals surface area contributed by atoms with Crippen molar-refractivity contribution in [2.24, 2.45) is 0 Å². The average Bonchev–Trinajstić information content (AvgIpc) is 2.54. The van der Waals surface area contributed by atoms with Crippen LogP contribution >= 0.6 is 0 Å². The van der Waals surface area contributed by atoms with Gasteiger partial charge in [-0.3, -0.25) is 9.59 Å². The second-order valence-electron chi connectivity index (χ2n) is 6.14. The summed E-state index contributed by atoms with van der Waals surface area (Å²) in [7, 11) is 0. The highest BCUT2D eigenvalue weighted by Gasteiger charge is 2.16. The fourth-order valence-electron chi connectivity index (χ4n) is 3.12. The van der Waals surface area contributed by atoms with E-state index >= 15 is 0 Å². The number of rotatable bonds is 3. The minimum absolute atomic E-state index is 0.00412. The van der Waals surface area contributed by atoms with Crippen molar-refractivity contribution in [3.8, 4) is 0 Å². The molecule has 1 fully saturated rings. The lowest BCUT2D eigenvalue weighted by molar-refractivity contribution is 0.0927. The van der Waals surface area contributed by atoms with Gasteiger partial charge in [0.15, 0.2) is 5.78 Å². The van der Waals surface area contributed by atoms with Gasteiger partial charge in [0.1, 0.15) is 0 Å². The van der Waals surface area contributed by atoms with E-state index in [0.29, 0.717) is 17.2 Å². The molecule has 3 heteroatoms. The molecular weight excluding hydrogens is 274 g/mol. The summed E-state index contributed by atoms with van der Waals surface area (Å²) in [4.78, 5) is 23.8. The molecule has 22 heavy (non-hydrogen) atoms. The van der Waals surface area contributed by atoms with Crippen LogP contribution in [0, 0.1) is 0 Å². The Hall–Kier alpha value is -2.16. The SMILES string of the molecule is CC(=O)c1ccc2cc(C(=O)NC3CCCCC3)ccc2c1. The van der Waals surface area contributed by atoms with Crippen LogP contribution in [0.15, 0.2) is 36.4 Å². The van der Waals surface area contributed by atoms with Gasteiger partial charge < -0.3 is 5.32 Å². The van der Waals surface area contributed by atoms with Crippen LogP contribution in [-0.2, 0) is 0 Å². The maximum absolute atomic E-state index is 12.4. The molecule has 0 bridgehead atoms. The molecule has 2 aromatic rings. The van der Waals surface area contributed by atoms with Crippen molar-refractivity contribution < 1.29 is 9.59 Å². The van der Waals surface area contributed by atoms with E-state index in [-0.39, 0.29) is 11.7 Å². The maximum Gasteiger partial charge on any atom is 0.251 e. The van der Waals surface area contributed by atoms with Gasteiger partial charge in [0.2, 0.25) is 0 Å². The van der Waals surface area contributed by atoms with Crippen molar-refractivity contribution in [1.29, 1.82) is 0 Å². The molecule has 1 amide bonds. The highest BCUT2D eigenvalue weighted by Crippen LogP contribution is 2.20. The first-order valence-electron chi connectivity index (χ1n) is 7.99. The summed E-state index contributed by atoms with van der Waals surface area (Å²) in [6.45, 7) is 1.56. The van der Waals surface area contributed by atoms with Crippen molar-refractivity contribution in [3.63, 3.8) is 0 Å². The second-order valence-corrected chi connectivity index (χ2v) is 6.14. The number of amides is 1. The lowest BCUT2D eigenvalue weighted by Crippen LogP contribution is -2.36. The van der Waals surface area contributed by atoms with Crippen molar-refractivity contribution in [2.45, 2.75) is 45.1 Å². The summed E-state index contributed by atoms with van der Waals surface area (Å²) in [5, 5.41) is 5.11. The Bertz CT molecular complexity index is 714. The predicted octanol–water partition coefficient (Wildman–Crippen LogP) is 4.10. The average molecular weight is 295 g/mol. The Morgan fingerprint density at radius 1 is 0.909 bits per heavy atom. The topological polar surface area (TPSA) is 46.2 Å². The quantitative estimate of drug-likeness (QED) is 0.866. The number of fused-ring (bicyclic) bond motifs is 1. The molecule has 0 heterocycles. The van der Waals surface area contributed by atoms with Crippen LogP contribution < -0.4 is 5.32 Å². The first-order valence-corrected chi connectivity index (χ1v) is 7.99. The van der Waals surface area contributed by atoms with Crippen molar-refractivity contribution in [2.75, 3.05) is 0 Å². The van der Waals surface area contributed by atoms with Crippen LogP contribution in [0.5, 0.6) is 0 Å². The maximum atomic E-state index is 12.4. The molecule has 3 nitrogen and oxygen atoms in total. The molecular formula is C19H21NO2. The van der Waals surface area contributed by atoms with Crippen molar-refractivity contribution in [3.05, 3.63) is 47.5 Å². The van der Waals surface area contributed by atoms with E-state index in [4.69, 9.17) is 0 Å². The Morgan fingerprint density at radius 2 is 1.50 bits per heavy atom. The lowest BCUT2D eigenvalue weighted by atomic mass is 9.95. The first kappa shape index (κ1) is 14.8. The van der Waals surface area contributed by atoms with E-state index in [0.717, 1.165) is 23.6 Å². The van der Waals surface area contributed by atoms with Crippen LogP contribution in [0.4, 0.5) is 0 Å². The molecule has 0 unspecified atom stereocenters. The summed E-state index contributed by atoms with van der Waals surface area (Å²) in [5.41, 5.74) is 1.39. The lowest BCUT2D eigenvalue weighted by Gasteiger charge is -2.22. The van der Waals surface area contributed by atoms with E-state index in [1.54, 1.807) is 6.92 Å². The molecule has 114 valence electrons. The summed E-state index contributed by atoms with van der Waals surface area (Å²) in [5.74, 6) is 0.0606. The standard InChI is InChI=1S/C19H21NO2/c1-13(21)14-7-8-16-12-17(10-9-15(16)11-14)19(22)20-18-5-3-2-4-6-18/h7-12,18H,2-6H2,1H3,(H,20,22). The molecule has 0 aliphatic heterocycles. The van der Waals surface area contributed by atoms with Gasteiger partial charge in [0, 0.05) is 17.2 Å². The molecule has 1 aliphatic rings. The second kappa shape index (κ2) is 6.30. The van der Waals surface area contributed by atoms with Gasteiger partial charge in [-0.1, -0.05) is 37.5 Å². The monoisotopic (exact) mass is 295 g/mol. The number of benzene rings is 2. The third-order valence-electron chi connectivity index (χ3n) is 4.45. The Kier molecular flexibility index (Phi) is 4.23. The van der Waals surface area contributed by atoms with Gasteiger partial charge in [-0.15, -0.1) is 0 Å². The summed E-state index contributed by atoms with van der Waals surface area (Å²) in [6, 6.07) is 11.6. The number of hydrogen-bond donors (Lipinski definition) is 1. The molecule has 2 aromatic carbocycles. The van der Waals surface area contributed by atoms with Crippen LogP contribution in [-0.4, -0.2) is 17.7 Å². The summed E-state index contributed by atoms with van der Waals surface area (Å²) < 4.78 is 0. The van der Waals surface area contributed by atoms with Gasteiger partial charge in [-0.05, 0) is 48.7 Å². The first-order chi connectivity index (χ1) is 10.6. The van der Waals surface area contributed by atoms with Crippen molar-refractivity contribution >= 4 is 22.5 Å². The Labute approximate surface area is 130 Å². The van der Waals surface area contributed by atoms with Gasteiger partial charge in [0.05, 0.1) is 0 Å². The Balaban J connectivity index is 1.80. The highest BCUT2D eigenvalue weighted by atomic mass is 16.1. The van der Waals surface area contributed by atoms with Crippen LogP contribution in [0.3, 0.4) is 0 Å². The molecule has 0 saturated heterocycles. The molecule has 0 aromatic heterocycles. The van der Waals surface area contributed by atoms with Gasteiger partial charge >= 0.3 is 0 Å². The molecule has 0 radical (unpaired) electrons. The van der Waals surface area contributed by atoms with Crippen molar-refractivity contribution in [1.82, 2.24) is 5.32 Å². The third-order valence-corrected chi connectivity index (χ3v) is 4.45. The number of hydrogen-bond acceptors (Lipinski definition) is 2. The van der Waals surface area contributed by atoms with Crippen LogP contribution in [0.2, 0.25) is 0 Å².